The van der Waals surface area contributed by atoms with Gasteiger partial charge in [0.05, 0.1) is 11.2 Å². The first-order valence-electron chi connectivity index (χ1n) is 8.12. The summed E-state index contributed by atoms with van der Waals surface area (Å²) in [5, 5.41) is 8.13. The fourth-order valence-corrected chi connectivity index (χ4v) is 3.93. The van der Waals surface area contributed by atoms with Crippen LogP contribution in [0.4, 0.5) is 0 Å². The number of amides is 1. The molecule has 1 N–H and O–H groups in total. The topological polar surface area (TPSA) is 91.8 Å². The van der Waals surface area contributed by atoms with Crippen molar-refractivity contribution in [3.63, 3.8) is 0 Å². The van der Waals surface area contributed by atoms with E-state index in [4.69, 9.17) is 0 Å². The predicted octanol–water partition coefficient (Wildman–Crippen LogP) is 2.23. The highest BCUT2D eigenvalue weighted by Gasteiger charge is 2.40. The second kappa shape index (κ2) is 8.29. The summed E-state index contributed by atoms with van der Waals surface area (Å²) in [6.07, 6.45) is 1.03. The lowest BCUT2D eigenvalue weighted by molar-refractivity contribution is -0.149. The van der Waals surface area contributed by atoms with Gasteiger partial charge in [-0.05, 0) is 12.8 Å². The SMILES string of the molecule is CC(=O)SC(C(=O)c1ccccc1)C(C)C(=O)N1CCC[C@H]1C(=O)O. The van der Waals surface area contributed by atoms with Crippen molar-refractivity contribution in [3.05, 3.63) is 35.9 Å². The molecule has 134 valence electrons. The average Bonchev–Trinajstić information content (AvgIpc) is 3.08. The molecule has 0 bridgehead atoms. The Balaban J connectivity index is 2.24. The molecule has 0 saturated carbocycles. The van der Waals surface area contributed by atoms with Gasteiger partial charge in [-0.2, -0.15) is 0 Å². The first kappa shape index (κ1) is 19.2. The number of carbonyl (C=O) groups is 4. The van der Waals surface area contributed by atoms with Gasteiger partial charge >= 0.3 is 5.97 Å². The van der Waals surface area contributed by atoms with Gasteiger partial charge in [0.1, 0.15) is 6.04 Å². The molecule has 3 atom stereocenters. The molecule has 25 heavy (non-hydrogen) atoms. The highest BCUT2D eigenvalue weighted by molar-refractivity contribution is 8.14. The maximum absolute atomic E-state index is 12.8. The zero-order valence-electron chi connectivity index (χ0n) is 14.2. The van der Waals surface area contributed by atoms with Crippen LogP contribution in [0.1, 0.15) is 37.0 Å². The number of likely N-dealkylation sites (tertiary alicyclic amines) is 1. The van der Waals surface area contributed by atoms with Crippen LogP contribution in [0.5, 0.6) is 0 Å². The maximum atomic E-state index is 12.8. The Bertz CT molecular complexity index is 675. The highest BCUT2D eigenvalue weighted by Crippen LogP contribution is 2.29. The van der Waals surface area contributed by atoms with E-state index >= 15 is 0 Å². The van der Waals surface area contributed by atoms with Gasteiger partial charge in [0.25, 0.3) is 0 Å². The molecule has 6 nitrogen and oxygen atoms in total. The molecule has 1 aromatic carbocycles. The number of carboxylic acids is 1. The Kier molecular flexibility index (Phi) is 6.36. The zero-order chi connectivity index (χ0) is 18.6. The van der Waals surface area contributed by atoms with Crippen LogP contribution < -0.4 is 0 Å². The molecule has 1 saturated heterocycles. The molecule has 1 fully saturated rings. The van der Waals surface area contributed by atoms with E-state index in [-0.39, 0.29) is 10.9 Å². The maximum Gasteiger partial charge on any atom is 0.326 e. The van der Waals surface area contributed by atoms with Gasteiger partial charge < -0.3 is 10.0 Å². The van der Waals surface area contributed by atoms with Crippen molar-refractivity contribution in [2.24, 2.45) is 5.92 Å². The van der Waals surface area contributed by atoms with Crippen molar-refractivity contribution < 1.29 is 24.3 Å². The number of carboxylic acid groups (broad SMARTS) is 1. The van der Waals surface area contributed by atoms with Crippen LogP contribution in [0.25, 0.3) is 0 Å². The van der Waals surface area contributed by atoms with E-state index in [2.05, 4.69) is 0 Å². The molecular formula is C18H21NO5S. The molecule has 7 heteroatoms. The quantitative estimate of drug-likeness (QED) is 0.779. The van der Waals surface area contributed by atoms with Crippen molar-refractivity contribution in [1.82, 2.24) is 4.90 Å². The van der Waals surface area contributed by atoms with E-state index < -0.39 is 29.1 Å². The third-order valence-electron chi connectivity index (χ3n) is 4.27. The lowest BCUT2D eigenvalue weighted by Crippen LogP contribution is -2.46. The summed E-state index contributed by atoms with van der Waals surface area (Å²) in [5.74, 6) is -2.52. The van der Waals surface area contributed by atoms with Crippen molar-refractivity contribution in [1.29, 1.82) is 0 Å². The highest BCUT2D eigenvalue weighted by atomic mass is 32.2. The number of nitrogens with zero attached hydrogens (tertiary/aromatic N) is 1. The van der Waals surface area contributed by atoms with Gasteiger partial charge in [-0.25, -0.2) is 4.79 Å². The van der Waals surface area contributed by atoms with Crippen LogP contribution in [-0.4, -0.2) is 50.6 Å². The second-order valence-electron chi connectivity index (χ2n) is 6.08. The van der Waals surface area contributed by atoms with Gasteiger partial charge in [-0.1, -0.05) is 49.0 Å². The number of thioether (sulfide) groups is 1. The Labute approximate surface area is 150 Å². The van der Waals surface area contributed by atoms with Crippen molar-refractivity contribution >= 4 is 34.5 Å². The molecule has 0 aliphatic carbocycles. The third kappa shape index (κ3) is 4.48. The monoisotopic (exact) mass is 363 g/mol. The van der Waals surface area contributed by atoms with E-state index in [1.165, 1.54) is 11.8 Å². The zero-order valence-corrected chi connectivity index (χ0v) is 15.0. The number of aliphatic carboxylic acids is 1. The number of ketones is 1. The van der Waals surface area contributed by atoms with Gasteiger partial charge in [0.15, 0.2) is 10.9 Å². The number of benzene rings is 1. The van der Waals surface area contributed by atoms with E-state index in [0.29, 0.717) is 24.9 Å². The predicted molar refractivity (Wildman–Crippen MR) is 94.4 cm³/mol. The van der Waals surface area contributed by atoms with Gasteiger partial charge in [-0.15, -0.1) is 0 Å². The summed E-state index contributed by atoms with van der Waals surface area (Å²) in [6, 6.07) is 7.64. The number of hydrogen-bond donors (Lipinski definition) is 1. The largest absolute Gasteiger partial charge is 0.480 e. The summed E-state index contributed by atoms with van der Waals surface area (Å²) >= 11 is 0.824. The molecular weight excluding hydrogens is 342 g/mol. The van der Waals surface area contributed by atoms with Crippen LogP contribution in [0.3, 0.4) is 0 Å². The Morgan fingerprint density at radius 1 is 1.20 bits per heavy atom. The number of carbonyl (C=O) groups excluding carboxylic acids is 3. The number of rotatable bonds is 6. The first-order valence-corrected chi connectivity index (χ1v) is 9.00. The Hall–Kier alpha value is -2.15. The third-order valence-corrected chi connectivity index (χ3v) is 5.48. The standard InChI is InChI=1S/C18H21NO5S/c1-11(17(22)19-10-6-9-14(19)18(23)24)16(25-12(2)20)15(21)13-7-4-3-5-8-13/h3-5,7-8,11,14,16H,6,9-10H2,1-2H3,(H,23,24)/t11?,14-,16?/m0/s1. The lowest BCUT2D eigenvalue weighted by Gasteiger charge is -2.28. The van der Waals surface area contributed by atoms with Crippen LogP contribution >= 0.6 is 11.8 Å². The molecule has 1 aliphatic heterocycles. The smallest absolute Gasteiger partial charge is 0.326 e. The summed E-state index contributed by atoms with van der Waals surface area (Å²) in [5.41, 5.74) is 0.428. The minimum atomic E-state index is -1.04. The van der Waals surface area contributed by atoms with Crippen LogP contribution in [-0.2, 0) is 14.4 Å². The molecule has 1 aromatic rings. The van der Waals surface area contributed by atoms with Crippen LogP contribution in [0, 0.1) is 5.92 Å². The van der Waals surface area contributed by atoms with Crippen molar-refractivity contribution in [3.8, 4) is 0 Å². The van der Waals surface area contributed by atoms with E-state index in [1.54, 1.807) is 37.3 Å². The number of hydrogen-bond acceptors (Lipinski definition) is 5. The van der Waals surface area contributed by atoms with Crippen LogP contribution in [0.2, 0.25) is 0 Å². The molecule has 1 amide bonds. The van der Waals surface area contributed by atoms with Gasteiger partial charge in [0.2, 0.25) is 5.91 Å². The van der Waals surface area contributed by atoms with Crippen molar-refractivity contribution in [2.75, 3.05) is 6.54 Å². The van der Waals surface area contributed by atoms with E-state index in [1.807, 2.05) is 0 Å². The Morgan fingerprint density at radius 3 is 2.40 bits per heavy atom. The molecule has 0 spiro atoms. The minimum Gasteiger partial charge on any atom is -0.480 e. The molecule has 2 unspecified atom stereocenters. The summed E-state index contributed by atoms with van der Waals surface area (Å²) < 4.78 is 0. The van der Waals surface area contributed by atoms with Crippen LogP contribution in [0.15, 0.2) is 30.3 Å². The molecule has 2 rings (SSSR count). The summed E-state index contributed by atoms with van der Waals surface area (Å²) in [4.78, 5) is 49.8. The molecule has 1 aliphatic rings. The lowest BCUT2D eigenvalue weighted by atomic mass is 9.97. The average molecular weight is 363 g/mol. The van der Waals surface area contributed by atoms with Gasteiger partial charge in [0, 0.05) is 19.0 Å². The molecule has 0 aromatic heterocycles. The number of Topliss-reactive ketones (excluding diaryl/α,β-unsaturated/α-hetero) is 1. The van der Waals surface area contributed by atoms with Crippen molar-refractivity contribution in [2.45, 2.75) is 38.0 Å². The van der Waals surface area contributed by atoms with E-state index in [0.717, 1.165) is 11.8 Å². The molecule has 0 radical (unpaired) electrons. The fraction of sp³-hybridized carbons (Fsp3) is 0.444. The van der Waals surface area contributed by atoms with Gasteiger partial charge in [-0.3, -0.25) is 14.4 Å². The minimum absolute atomic E-state index is 0.259. The normalized spacial score (nSPS) is 19.3. The fourth-order valence-electron chi connectivity index (χ4n) is 3.01. The first-order chi connectivity index (χ1) is 11.8. The molecule has 1 heterocycles. The second-order valence-corrected chi connectivity index (χ2v) is 7.40. The summed E-state index contributed by atoms with van der Waals surface area (Å²) in [7, 11) is 0. The van der Waals surface area contributed by atoms with E-state index in [9.17, 15) is 24.3 Å². The summed E-state index contributed by atoms with van der Waals surface area (Å²) in [6.45, 7) is 3.29. The Morgan fingerprint density at radius 2 is 1.84 bits per heavy atom.